The minimum absolute atomic E-state index is 0.0106. The van der Waals surface area contributed by atoms with E-state index in [0.717, 1.165) is 25.7 Å². The average Bonchev–Trinajstić information content (AvgIpc) is 2.83. The lowest BCUT2D eigenvalue weighted by molar-refractivity contribution is -0.152. The van der Waals surface area contributed by atoms with E-state index in [0.29, 0.717) is 44.8 Å². The van der Waals surface area contributed by atoms with Crippen LogP contribution in [-0.2, 0) is 24.3 Å². The molecule has 3 rings (SSSR count). The van der Waals surface area contributed by atoms with Crippen molar-refractivity contribution in [3.05, 3.63) is 24.3 Å². The number of esters is 1. The van der Waals surface area contributed by atoms with Gasteiger partial charge in [0.2, 0.25) is 15.9 Å². The first-order valence-electron chi connectivity index (χ1n) is 11.4. The summed E-state index contributed by atoms with van der Waals surface area (Å²) < 4.78 is 37.9. The summed E-state index contributed by atoms with van der Waals surface area (Å²) in [4.78, 5) is 26.9. The minimum Gasteiger partial charge on any atom is -0.497 e. The van der Waals surface area contributed by atoms with Gasteiger partial charge in [0.1, 0.15) is 5.75 Å². The average molecular weight is 467 g/mol. The number of carbonyl (C=O) groups excluding carboxylic acids is 2. The molecule has 1 aliphatic heterocycles. The van der Waals surface area contributed by atoms with Crippen molar-refractivity contribution < 1.29 is 27.5 Å². The van der Waals surface area contributed by atoms with Crippen LogP contribution in [0.15, 0.2) is 29.2 Å². The van der Waals surface area contributed by atoms with Crippen LogP contribution in [-0.4, -0.2) is 58.5 Å². The van der Waals surface area contributed by atoms with Crippen molar-refractivity contribution >= 4 is 21.9 Å². The van der Waals surface area contributed by atoms with Gasteiger partial charge >= 0.3 is 5.97 Å². The quantitative estimate of drug-likeness (QED) is 0.591. The molecule has 2 fully saturated rings. The third-order valence-electron chi connectivity index (χ3n) is 6.55. The molecule has 1 heterocycles. The largest absolute Gasteiger partial charge is 0.497 e. The van der Waals surface area contributed by atoms with Gasteiger partial charge in [-0.2, -0.15) is 0 Å². The van der Waals surface area contributed by atoms with Gasteiger partial charge < -0.3 is 14.4 Å². The number of hydrogen-bond donors (Lipinski definition) is 1. The molecule has 9 heteroatoms. The van der Waals surface area contributed by atoms with Gasteiger partial charge in [-0.15, -0.1) is 0 Å². The molecule has 1 saturated heterocycles. The fourth-order valence-electron chi connectivity index (χ4n) is 4.53. The lowest BCUT2D eigenvalue weighted by Gasteiger charge is -2.35. The second kappa shape index (κ2) is 11.1. The first kappa shape index (κ1) is 24.5. The molecule has 0 atom stereocenters. The summed E-state index contributed by atoms with van der Waals surface area (Å²) in [5.74, 6) is 0.734. The zero-order chi connectivity index (χ0) is 23.1. The van der Waals surface area contributed by atoms with E-state index in [1.165, 1.54) is 19.2 Å². The Morgan fingerprint density at radius 3 is 2.19 bits per heavy atom. The van der Waals surface area contributed by atoms with E-state index in [2.05, 4.69) is 4.72 Å². The van der Waals surface area contributed by atoms with Gasteiger partial charge in [0.05, 0.1) is 24.5 Å². The smallest absolute Gasteiger partial charge is 0.309 e. The lowest BCUT2D eigenvalue weighted by Crippen LogP contribution is -2.44. The molecule has 178 valence electrons. The molecule has 0 aromatic heterocycles. The van der Waals surface area contributed by atoms with Crippen LogP contribution in [0.3, 0.4) is 0 Å². The molecule has 1 aromatic rings. The van der Waals surface area contributed by atoms with Crippen LogP contribution >= 0.6 is 0 Å². The third kappa shape index (κ3) is 6.22. The Bertz CT molecular complexity index is 870. The molecule has 1 aromatic carbocycles. The number of methoxy groups -OCH3 is 1. The fraction of sp³-hybridized carbons (Fsp3) is 0.652. The molecule has 32 heavy (non-hydrogen) atoms. The van der Waals surface area contributed by atoms with E-state index < -0.39 is 10.0 Å². The molecule has 2 aliphatic rings. The van der Waals surface area contributed by atoms with Crippen LogP contribution in [0.2, 0.25) is 0 Å². The zero-order valence-electron chi connectivity index (χ0n) is 18.9. The van der Waals surface area contributed by atoms with Gasteiger partial charge in [-0.05, 0) is 75.6 Å². The number of nitrogens with one attached hydrogen (secondary N) is 1. The molecular formula is C23H34N2O6S. The molecule has 0 spiro atoms. The summed E-state index contributed by atoms with van der Waals surface area (Å²) in [5.41, 5.74) is 0. The highest BCUT2D eigenvalue weighted by atomic mass is 32.2. The van der Waals surface area contributed by atoms with Crippen molar-refractivity contribution in [1.82, 2.24) is 9.62 Å². The normalized spacial score (nSPS) is 22.4. The van der Waals surface area contributed by atoms with E-state index in [-0.39, 0.29) is 34.5 Å². The Morgan fingerprint density at radius 1 is 1.00 bits per heavy atom. The maximum atomic E-state index is 12.9. The highest BCUT2D eigenvalue weighted by Crippen LogP contribution is 2.31. The number of hydrogen-bond acceptors (Lipinski definition) is 6. The van der Waals surface area contributed by atoms with Crippen LogP contribution in [0.1, 0.15) is 45.4 Å². The molecule has 8 nitrogen and oxygen atoms in total. The number of benzene rings is 1. The highest BCUT2D eigenvalue weighted by molar-refractivity contribution is 7.89. The van der Waals surface area contributed by atoms with E-state index in [4.69, 9.17) is 9.47 Å². The molecule has 1 amide bonds. The monoisotopic (exact) mass is 466 g/mol. The SMILES string of the molecule is CCOC(=O)C1CCN(C(=O)C2CCC(CNS(=O)(=O)c3ccc(OC)cc3)CC2)CC1. The summed E-state index contributed by atoms with van der Waals surface area (Å²) in [5, 5.41) is 0. The summed E-state index contributed by atoms with van der Waals surface area (Å²) in [6.07, 6.45) is 4.50. The van der Waals surface area contributed by atoms with Crippen molar-refractivity contribution in [2.45, 2.75) is 50.3 Å². The molecule has 0 bridgehead atoms. The standard InChI is InChI=1S/C23H34N2O6S/c1-3-31-23(27)19-12-14-25(15-13-19)22(26)18-6-4-17(5-7-18)16-24-32(28,29)21-10-8-20(30-2)9-11-21/h8-11,17-19,24H,3-7,12-16H2,1-2H3. The molecule has 1 N–H and O–H groups in total. The van der Waals surface area contributed by atoms with Crippen molar-refractivity contribution in [1.29, 1.82) is 0 Å². The summed E-state index contributed by atoms with van der Waals surface area (Å²) in [6.45, 7) is 3.77. The summed E-state index contributed by atoms with van der Waals surface area (Å²) >= 11 is 0. The lowest BCUT2D eigenvalue weighted by atomic mass is 9.81. The van der Waals surface area contributed by atoms with Crippen molar-refractivity contribution in [3.8, 4) is 5.75 Å². The van der Waals surface area contributed by atoms with Gasteiger partial charge in [0.25, 0.3) is 0 Å². The predicted molar refractivity (Wildman–Crippen MR) is 120 cm³/mol. The minimum atomic E-state index is -3.57. The van der Waals surface area contributed by atoms with Crippen LogP contribution in [0.4, 0.5) is 0 Å². The Morgan fingerprint density at radius 2 is 1.62 bits per heavy atom. The topological polar surface area (TPSA) is 102 Å². The second-order valence-electron chi connectivity index (χ2n) is 8.60. The van der Waals surface area contributed by atoms with E-state index in [9.17, 15) is 18.0 Å². The maximum absolute atomic E-state index is 12.9. The van der Waals surface area contributed by atoms with Crippen LogP contribution < -0.4 is 9.46 Å². The number of amides is 1. The summed E-state index contributed by atoms with van der Waals surface area (Å²) in [7, 11) is -2.03. The highest BCUT2D eigenvalue weighted by Gasteiger charge is 2.33. The van der Waals surface area contributed by atoms with Gasteiger partial charge in [-0.25, -0.2) is 13.1 Å². The van der Waals surface area contributed by atoms with Gasteiger partial charge in [0, 0.05) is 25.6 Å². The number of sulfonamides is 1. The first-order valence-corrected chi connectivity index (χ1v) is 12.9. The summed E-state index contributed by atoms with van der Waals surface area (Å²) in [6, 6.07) is 6.31. The van der Waals surface area contributed by atoms with Crippen LogP contribution in [0, 0.1) is 17.8 Å². The van der Waals surface area contributed by atoms with E-state index >= 15 is 0 Å². The Hall–Kier alpha value is -2.13. The Labute approximate surface area is 190 Å². The molecule has 0 radical (unpaired) electrons. The second-order valence-corrected chi connectivity index (χ2v) is 10.4. The molecule has 1 aliphatic carbocycles. The molecule has 0 unspecified atom stereocenters. The number of piperidine rings is 1. The number of carbonyl (C=O) groups is 2. The molecule has 1 saturated carbocycles. The van der Waals surface area contributed by atoms with Crippen molar-refractivity contribution in [2.24, 2.45) is 17.8 Å². The number of rotatable bonds is 8. The number of ether oxygens (including phenoxy) is 2. The van der Waals surface area contributed by atoms with Crippen molar-refractivity contribution in [3.63, 3.8) is 0 Å². The van der Waals surface area contributed by atoms with Crippen LogP contribution in [0.25, 0.3) is 0 Å². The van der Waals surface area contributed by atoms with E-state index in [1.54, 1.807) is 19.1 Å². The molecular weight excluding hydrogens is 432 g/mol. The Kier molecular flexibility index (Phi) is 8.53. The zero-order valence-corrected chi connectivity index (χ0v) is 19.7. The first-order chi connectivity index (χ1) is 15.3. The predicted octanol–water partition coefficient (Wildman–Crippen LogP) is 2.58. The number of nitrogens with zero attached hydrogens (tertiary/aromatic N) is 1. The van der Waals surface area contributed by atoms with Gasteiger partial charge in [-0.1, -0.05) is 0 Å². The van der Waals surface area contributed by atoms with Gasteiger partial charge in [0.15, 0.2) is 0 Å². The van der Waals surface area contributed by atoms with E-state index in [1.807, 2.05) is 4.90 Å². The number of likely N-dealkylation sites (tertiary alicyclic amines) is 1. The van der Waals surface area contributed by atoms with Crippen molar-refractivity contribution in [2.75, 3.05) is 33.4 Å². The Balaban J connectivity index is 1.42. The van der Waals surface area contributed by atoms with Gasteiger partial charge in [-0.3, -0.25) is 9.59 Å². The third-order valence-corrected chi connectivity index (χ3v) is 7.99. The van der Waals surface area contributed by atoms with Crippen LogP contribution in [0.5, 0.6) is 5.75 Å². The maximum Gasteiger partial charge on any atom is 0.309 e. The fourth-order valence-corrected chi connectivity index (χ4v) is 5.65.